The van der Waals surface area contributed by atoms with Crippen molar-refractivity contribution in [1.29, 1.82) is 0 Å². The largest absolute Gasteiger partial charge is 0.618 e. The molecule has 0 fully saturated rings. The maximum absolute atomic E-state index is 12.7. The van der Waals surface area contributed by atoms with Crippen LogP contribution < -0.4 is 4.73 Å². The van der Waals surface area contributed by atoms with E-state index in [1.165, 1.54) is 18.3 Å². The van der Waals surface area contributed by atoms with Crippen LogP contribution >= 0.6 is 0 Å². The standard InChI is InChI=1S/C19H19NO6/c1-25-18(22)17(19(23)26-2)14(13-8-4-3-5-9-13)12-16(21)15-10-6-7-11-20(15)24/h3-11,14,17H,12H2,1-2H3/t14-/m1/s1. The number of hydrogen-bond donors (Lipinski definition) is 0. The van der Waals surface area contributed by atoms with Gasteiger partial charge in [-0.3, -0.25) is 14.4 Å². The number of pyridine rings is 1. The summed E-state index contributed by atoms with van der Waals surface area (Å²) >= 11 is 0. The zero-order chi connectivity index (χ0) is 19.1. The molecule has 2 rings (SSSR count). The Morgan fingerprint density at radius 2 is 1.54 bits per heavy atom. The van der Waals surface area contributed by atoms with Crippen LogP contribution in [0.4, 0.5) is 0 Å². The van der Waals surface area contributed by atoms with Gasteiger partial charge in [-0.1, -0.05) is 30.3 Å². The van der Waals surface area contributed by atoms with Crippen molar-refractivity contribution < 1.29 is 28.6 Å². The van der Waals surface area contributed by atoms with Gasteiger partial charge in [0.15, 0.2) is 12.1 Å². The highest BCUT2D eigenvalue weighted by Crippen LogP contribution is 2.31. The van der Waals surface area contributed by atoms with E-state index in [0.717, 1.165) is 14.2 Å². The molecule has 1 aromatic heterocycles. The van der Waals surface area contributed by atoms with Crippen molar-refractivity contribution in [1.82, 2.24) is 0 Å². The lowest BCUT2D eigenvalue weighted by Crippen LogP contribution is -2.37. The molecule has 0 bridgehead atoms. The molecule has 0 unspecified atom stereocenters. The van der Waals surface area contributed by atoms with E-state index in [9.17, 15) is 19.6 Å². The summed E-state index contributed by atoms with van der Waals surface area (Å²) in [5, 5.41) is 11.8. The molecule has 0 aliphatic rings. The molecule has 1 atom stereocenters. The zero-order valence-corrected chi connectivity index (χ0v) is 14.5. The van der Waals surface area contributed by atoms with Gasteiger partial charge in [0.05, 0.1) is 14.2 Å². The Morgan fingerprint density at radius 1 is 0.962 bits per heavy atom. The molecule has 0 radical (unpaired) electrons. The van der Waals surface area contributed by atoms with Crippen LogP contribution in [0.3, 0.4) is 0 Å². The SMILES string of the molecule is COC(=O)C(C(=O)OC)[C@H](CC(=O)c1cccc[n+]1[O-])c1ccccc1. The molecule has 0 saturated carbocycles. The van der Waals surface area contributed by atoms with Crippen LogP contribution in [0, 0.1) is 11.1 Å². The Bertz CT molecular complexity index is 774. The molecule has 0 aliphatic heterocycles. The molecule has 1 heterocycles. The van der Waals surface area contributed by atoms with E-state index in [1.54, 1.807) is 36.4 Å². The van der Waals surface area contributed by atoms with Crippen LogP contribution in [0.1, 0.15) is 28.4 Å². The summed E-state index contributed by atoms with van der Waals surface area (Å²) in [6, 6.07) is 13.1. The molecular weight excluding hydrogens is 338 g/mol. The number of esters is 2. The number of methoxy groups -OCH3 is 2. The Morgan fingerprint density at radius 3 is 2.08 bits per heavy atom. The molecule has 0 N–H and O–H groups in total. The van der Waals surface area contributed by atoms with Crippen molar-refractivity contribution in [3.8, 4) is 0 Å². The topological polar surface area (TPSA) is 96.6 Å². The Hall–Kier alpha value is -3.22. The first kappa shape index (κ1) is 19.1. The first-order valence-corrected chi connectivity index (χ1v) is 7.91. The molecule has 0 amide bonds. The van der Waals surface area contributed by atoms with Gasteiger partial charge in [-0.25, -0.2) is 0 Å². The summed E-state index contributed by atoms with van der Waals surface area (Å²) in [5.74, 6) is -4.25. The number of benzene rings is 1. The Labute approximate surface area is 150 Å². The summed E-state index contributed by atoms with van der Waals surface area (Å²) in [5.41, 5.74) is 0.525. The van der Waals surface area contributed by atoms with Gasteiger partial charge in [-0.2, -0.15) is 4.73 Å². The van der Waals surface area contributed by atoms with E-state index in [1.807, 2.05) is 0 Å². The van der Waals surface area contributed by atoms with Gasteiger partial charge >= 0.3 is 11.9 Å². The van der Waals surface area contributed by atoms with E-state index in [4.69, 9.17) is 9.47 Å². The fraction of sp³-hybridized carbons (Fsp3) is 0.263. The van der Waals surface area contributed by atoms with Crippen LogP contribution in [-0.4, -0.2) is 31.9 Å². The summed E-state index contributed by atoms with van der Waals surface area (Å²) in [6.45, 7) is 0. The predicted octanol–water partition coefficient (Wildman–Crippen LogP) is 1.64. The van der Waals surface area contributed by atoms with Crippen molar-refractivity contribution in [2.45, 2.75) is 12.3 Å². The summed E-state index contributed by atoms with van der Waals surface area (Å²) in [7, 11) is 2.32. The van der Waals surface area contributed by atoms with Crippen LogP contribution in [0.2, 0.25) is 0 Å². The van der Waals surface area contributed by atoms with Gasteiger partial charge in [0.25, 0.3) is 5.69 Å². The van der Waals surface area contributed by atoms with Crippen LogP contribution in [-0.2, 0) is 19.1 Å². The van der Waals surface area contributed by atoms with E-state index in [-0.39, 0.29) is 12.1 Å². The lowest BCUT2D eigenvalue weighted by molar-refractivity contribution is -0.607. The Kier molecular flexibility index (Phi) is 6.43. The highest BCUT2D eigenvalue weighted by atomic mass is 16.5. The number of ketones is 1. The van der Waals surface area contributed by atoms with E-state index < -0.39 is 29.6 Å². The van der Waals surface area contributed by atoms with Crippen molar-refractivity contribution in [3.05, 3.63) is 71.2 Å². The van der Waals surface area contributed by atoms with Crippen molar-refractivity contribution in [2.75, 3.05) is 14.2 Å². The minimum Gasteiger partial charge on any atom is -0.618 e. The lowest BCUT2D eigenvalue weighted by atomic mass is 9.81. The van der Waals surface area contributed by atoms with Crippen molar-refractivity contribution in [3.63, 3.8) is 0 Å². The first-order valence-electron chi connectivity index (χ1n) is 7.91. The second kappa shape index (κ2) is 8.75. The maximum Gasteiger partial charge on any atom is 0.320 e. The fourth-order valence-corrected chi connectivity index (χ4v) is 2.76. The molecule has 136 valence electrons. The molecule has 7 heteroatoms. The van der Waals surface area contributed by atoms with E-state index in [2.05, 4.69) is 0 Å². The monoisotopic (exact) mass is 357 g/mol. The smallest absolute Gasteiger partial charge is 0.320 e. The zero-order valence-electron chi connectivity index (χ0n) is 14.5. The molecule has 2 aromatic rings. The van der Waals surface area contributed by atoms with Crippen LogP contribution in [0.25, 0.3) is 0 Å². The Balaban J connectivity index is 2.44. The average Bonchev–Trinajstić information content (AvgIpc) is 2.67. The van der Waals surface area contributed by atoms with Crippen LogP contribution in [0.5, 0.6) is 0 Å². The number of aromatic nitrogens is 1. The minimum atomic E-state index is -1.32. The number of carbonyl (C=O) groups is 3. The lowest BCUT2D eigenvalue weighted by Gasteiger charge is -2.23. The molecule has 7 nitrogen and oxygen atoms in total. The van der Waals surface area contributed by atoms with Gasteiger partial charge in [-0.05, 0) is 11.6 Å². The van der Waals surface area contributed by atoms with Crippen molar-refractivity contribution in [2.24, 2.45) is 5.92 Å². The first-order chi connectivity index (χ1) is 12.5. The number of nitrogens with zero attached hydrogens (tertiary/aromatic N) is 1. The molecular formula is C19H19NO6. The van der Waals surface area contributed by atoms with E-state index in [0.29, 0.717) is 10.3 Å². The third-order valence-electron chi connectivity index (χ3n) is 4.06. The number of Topliss-reactive ketones (excluding diaryl/α,β-unsaturated/α-hetero) is 1. The van der Waals surface area contributed by atoms with Crippen LogP contribution in [0.15, 0.2) is 54.7 Å². The van der Waals surface area contributed by atoms with Crippen molar-refractivity contribution >= 4 is 17.7 Å². The minimum absolute atomic E-state index is 0.0677. The van der Waals surface area contributed by atoms with Gasteiger partial charge < -0.3 is 14.7 Å². The highest BCUT2D eigenvalue weighted by Gasteiger charge is 2.39. The van der Waals surface area contributed by atoms with Gasteiger partial charge in [0, 0.05) is 24.5 Å². The van der Waals surface area contributed by atoms with E-state index >= 15 is 0 Å². The third kappa shape index (κ3) is 4.24. The number of carbonyl (C=O) groups excluding carboxylic acids is 3. The van der Waals surface area contributed by atoms with Gasteiger partial charge in [0.1, 0.15) is 0 Å². The third-order valence-corrected chi connectivity index (χ3v) is 4.06. The molecule has 26 heavy (non-hydrogen) atoms. The number of ether oxygens (including phenoxy) is 2. The summed E-state index contributed by atoms with van der Waals surface area (Å²) < 4.78 is 9.92. The normalized spacial score (nSPS) is 11.7. The fourth-order valence-electron chi connectivity index (χ4n) is 2.76. The quantitative estimate of drug-likeness (QED) is 0.246. The number of rotatable bonds is 7. The summed E-state index contributed by atoms with van der Waals surface area (Å²) in [6.07, 6.45) is 0.980. The summed E-state index contributed by atoms with van der Waals surface area (Å²) in [4.78, 5) is 37.1. The molecule has 1 aromatic carbocycles. The van der Waals surface area contributed by atoms with Gasteiger partial charge in [0.2, 0.25) is 5.78 Å². The highest BCUT2D eigenvalue weighted by molar-refractivity contribution is 5.98. The second-order valence-corrected chi connectivity index (χ2v) is 5.58. The van der Waals surface area contributed by atoms with Gasteiger partial charge in [-0.15, -0.1) is 0 Å². The molecule has 0 spiro atoms. The number of hydrogen-bond acceptors (Lipinski definition) is 6. The maximum atomic E-state index is 12.7. The molecule has 0 aliphatic carbocycles. The predicted molar refractivity (Wildman–Crippen MR) is 91.1 cm³/mol. The second-order valence-electron chi connectivity index (χ2n) is 5.58. The average molecular weight is 357 g/mol. The molecule has 0 saturated heterocycles.